The number of methoxy groups -OCH3 is 2. The first-order chi connectivity index (χ1) is 11.1. The van der Waals surface area contributed by atoms with E-state index in [-0.39, 0.29) is 6.42 Å². The minimum absolute atomic E-state index is 0.223. The fourth-order valence-corrected chi connectivity index (χ4v) is 2.13. The number of benzene rings is 1. The van der Waals surface area contributed by atoms with Gasteiger partial charge in [0.15, 0.2) is 0 Å². The molecule has 0 aliphatic carbocycles. The molecule has 1 atom stereocenters. The fraction of sp³-hybridized carbons (Fsp3) is 0.529. The summed E-state index contributed by atoms with van der Waals surface area (Å²) in [5.41, 5.74) is 0.130. The molecule has 0 spiro atoms. The highest BCUT2D eigenvalue weighted by atomic mass is 16.6. The SMILES string of the molecule is COc1cc(CC(CC(=O)O)NC(=O)OC(C)(C)C)cc(OC)c1. The van der Waals surface area contributed by atoms with Crippen molar-refractivity contribution >= 4 is 12.1 Å². The zero-order valence-electron chi connectivity index (χ0n) is 14.7. The largest absolute Gasteiger partial charge is 0.497 e. The molecule has 1 aromatic carbocycles. The summed E-state index contributed by atoms with van der Waals surface area (Å²) in [6.45, 7) is 5.23. The molecule has 1 aromatic rings. The number of hydrogen-bond donors (Lipinski definition) is 2. The van der Waals surface area contributed by atoms with E-state index in [1.165, 1.54) is 14.2 Å². The number of alkyl carbamates (subject to hydrolysis) is 1. The topological polar surface area (TPSA) is 94.1 Å². The molecule has 0 heterocycles. The minimum Gasteiger partial charge on any atom is -0.497 e. The van der Waals surface area contributed by atoms with Gasteiger partial charge in [0.05, 0.1) is 20.6 Å². The van der Waals surface area contributed by atoms with Crippen LogP contribution in [0.15, 0.2) is 18.2 Å². The van der Waals surface area contributed by atoms with Crippen molar-refractivity contribution in [3.05, 3.63) is 23.8 Å². The van der Waals surface area contributed by atoms with Crippen LogP contribution in [0.4, 0.5) is 4.79 Å². The number of aliphatic carboxylic acids is 1. The molecular formula is C17H25NO6. The number of ether oxygens (including phenoxy) is 3. The average molecular weight is 339 g/mol. The van der Waals surface area contributed by atoms with E-state index in [4.69, 9.17) is 19.3 Å². The van der Waals surface area contributed by atoms with Crippen LogP contribution in [-0.2, 0) is 16.0 Å². The van der Waals surface area contributed by atoms with Crippen molar-refractivity contribution in [3.8, 4) is 11.5 Å². The summed E-state index contributed by atoms with van der Waals surface area (Å²) >= 11 is 0. The summed E-state index contributed by atoms with van der Waals surface area (Å²) in [5.74, 6) is 0.178. The fourth-order valence-electron chi connectivity index (χ4n) is 2.13. The Labute approximate surface area is 141 Å². The van der Waals surface area contributed by atoms with E-state index >= 15 is 0 Å². The van der Waals surface area contributed by atoms with E-state index in [0.717, 1.165) is 5.56 Å². The van der Waals surface area contributed by atoms with Gasteiger partial charge in [0.25, 0.3) is 0 Å². The van der Waals surface area contributed by atoms with Gasteiger partial charge in [0.2, 0.25) is 0 Å². The van der Waals surface area contributed by atoms with Gasteiger partial charge in [-0.15, -0.1) is 0 Å². The minimum atomic E-state index is -1.01. The molecule has 0 aromatic heterocycles. The Balaban J connectivity index is 2.89. The normalized spacial score (nSPS) is 12.2. The van der Waals surface area contributed by atoms with Gasteiger partial charge in [-0.25, -0.2) is 4.79 Å². The highest BCUT2D eigenvalue weighted by molar-refractivity contribution is 5.71. The Morgan fingerprint density at radius 1 is 1.12 bits per heavy atom. The number of nitrogens with one attached hydrogen (secondary N) is 1. The Hall–Kier alpha value is -2.44. The van der Waals surface area contributed by atoms with E-state index in [1.807, 2.05) is 0 Å². The van der Waals surface area contributed by atoms with E-state index in [1.54, 1.807) is 39.0 Å². The summed E-state index contributed by atoms with van der Waals surface area (Å²) in [5, 5.41) is 11.7. The molecule has 0 aliphatic rings. The quantitative estimate of drug-likeness (QED) is 0.793. The summed E-state index contributed by atoms with van der Waals surface area (Å²) < 4.78 is 15.6. The first-order valence-electron chi connectivity index (χ1n) is 7.56. The van der Waals surface area contributed by atoms with Crippen LogP contribution in [0.3, 0.4) is 0 Å². The lowest BCUT2D eigenvalue weighted by Gasteiger charge is -2.23. The zero-order chi connectivity index (χ0) is 18.3. The molecule has 0 bridgehead atoms. The van der Waals surface area contributed by atoms with Crippen molar-refractivity contribution in [1.29, 1.82) is 0 Å². The summed E-state index contributed by atoms with van der Waals surface area (Å²) in [6.07, 6.45) is -0.568. The lowest BCUT2D eigenvalue weighted by molar-refractivity contribution is -0.137. The number of carbonyl (C=O) groups excluding carboxylic acids is 1. The summed E-state index contributed by atoms with van der Waals surface area (Å²) in [4.78, 5) is 23.0. The third-order valence-corrected chi connectivity index (χ3v) is 3.04. The van der Waals surface area contributed by atoms with Crippen LogP contribution >= 0.6 is 0 Å². The van der Waals surface area contributed by atoms with E-state index < -0.39 is 23.7 Å². The number of rotatable bonds is 7. The molecule has 24 heavy (non-hydrogen) atoms. The molecule has 0 aliphatic heterocycles. The number of carboxylic acids is 1. The van der Waals surface area contributed by atoms with Crippen LogP contribution in [0.5, 0.6) is 11.5 Å². The maximum absolute atomic E-state index is 11.9. The smallest absolute Gasteiger partial charge is 0.407 e. The second-order valence-electron chi connectivity index (χ2n) is 6.37. The van der Waals surface area contributed by atoms with Crippen LogP contribution in [-0.4, -0.2) is 43.0 Å². The highest BCUT2D eigenvalue weighted by Crippen LogP contribution is 2.23. The third-order valence-electron chi connectivity index (χ3n) is 3.04. The monoisotopic (exact) mass is 339 g/mol. The number of hydrogen-bond acceptors (Lipinski definition) is 5. The van der Waals surface area contributed by atoms with E-state index in [2.05, 4.69) is 5.32 Å². The maximum atomic E-state index is 11.9. The number of amides is 1. The molecule has 0 radical (unpaired) electrons. The van der Waals surface area contributed by atoms with Crippen LogP contribution in [0.1, 0.15) is 32.8 Å². The lowest BCUT2D eigenvalue weighted by atomic mass is 10.0. The van der Waals surface area contributed by atoms with Gasteiger partial charge >= 0.3 is 12.1 Å². The van der Waals surface area contributed by atoms with Gasteiger partial charge in [-0.05, 0) is 44.9 Å². The highest BCUT2D eigenvalue weighted by Gasteiger charge is 2.22. The molecule has 7 nitrogen and oxygen atoms in total. The van der Waals surface area contributed by atoms with Crippen molar-refractivity contribution in [2.24, 2.45) is 0 Å². The molecular weight excluding hydrogens is 314 g/mol. The molecule has 0 saturated carbocycles. The first-order valence-corrected chi connectivity index (χ1v) is 7.56. The standard InChI is InChI=1S/C17H25NO6/c1-17(2,3)24-16(21)18-12(9-15(19)20)6-11-7-13(22-4)10-14(8-11)23-5/h7-8,10,12H,6,9H2,1-5H3,(H,18,21)(H,19,20). The zero-order valence-corrected chi connectivity index (χ0v) is 14.7. The average Bonchev–Trinajstić information content (AvgIpc) is 2.43. The number of carboxylic acid groups (broad SMARTS) is 1. The van der Waals surface area contributed by atoms with Crippen LogP contribution in [0.25, 0.3) is 0 Å². The van der Waals surface area contributed by atoms with Crippen LogP contribution in [0, 0.1) is 0 Å². The van der Waals surface area contributed by atoms with Crippen molar-refractivity contribution in [2.45, 2.75) is 45.3 Å². The summed E-state index contributed by atoms with van der Waals surface area (Å²) in [7, 11) is 3.07. The molecule has 2 N–H and O–H groups in total. The summed E-state index contributed by atoms with van der Waals surface area (Å²) in [6, 6.07) is 4.65. The van der Waals surface area contributed by atoms with Crippen LogP contribution < -0.4 is 14.8 Å². The molecule has 1 unspecified atom stereocenters. The predicted octanol–water partition coefficient (Wildman–Crippen LogP) is 2.61. The van der Waals surface area contributed by atoms with Gasteiger partial charge in [-0.2, -0.15) is 0 Å². The van der Waals surface area contributed by atoms with Crippen molar-refractivity contribution in [1.82, 2.24) is 5.32 Å². The third kappa shape index (κ3) is 7.21. The second kappa shape index (κ2) is 8.42. The van der Waals surface area contributed by atoms with Crippen molar-refractivity contribution in [2.75, 3.05) is 14.2 Å². The molecule has 0 saturated heterocycles. The Bertz CT molecular complexity index is 557. The van der Waals surface area contributed by atoms with Gasteiger partial charge < -0.3 is 24.6 Å². The van der Waals surface area contributed by atoms with Gasteiger partial charge in [-0.3, -0.25) is 4.79 Å². The Kier molecular flexibility index (Phi) is 6.88. The second-order valence-corrected chi connectivity index (χ2v) is 6.37. The molecule has 1 rings (SSSR count). The lowest BCUT2D eigenvalue weighted by Crippen LogP contribution is -2.41. The van der Waals surface area contributed by atoms with Gasteiger partial charge in [-0.1, -0.05) is 0 Å². The molecule has 134 valence electrons. The molecule has 1 amide bonds. The van der Waals surface area contributed by atoms with E-state index in [9.17, 15) is 9.59 Å². The Morgan fingerprint density at radius 3 is 2.08 bits per heavy atom. The van der Waals surface area contributed by atoms with E-state index in [0.29, 0.717) is 17.9 Å². The van der Waals surface area contributed by atoms with Gasteiger partial charge in [0.1, 0.15) is 17.1 Å². The number of carbonyl (C=O) groups is 2. The Morgan fingerprint density at radius 2 is 1.67 bits per heavy atom. The predicted molar refractivity (Wildman–Crippen MR) is 88.7 cm³/mol. The van der Waals surface area contributed by atoms with Crippen molar-refractivity contribution < 1.29 is 28.9 Å². The first kappa shape index (κ1) is 19.6. The maximum Gasteiger partial charge on any atom is 0.407 e. The van der Waals surface area contributed by atoms with Crippen molar-refractivity contribution in [3.63, 3.8) is 0 Å². The molecule has 7 heteroatoms. The van der Waals surface area contributed by atoms with Gasteiger partial charge in [0, 0.05) is 12.1 Å². The molecule has 0 fully saturated rings. The van der Waals surface area contributed by atoms with Crippen LogP contribution in [0.2, 0.25) is 0 Å².